The molecule has 242 valence electrons. The molecule has 0 radical (unpaired) electrons. The Kier molecular flexibility index (Phi) is 14.4. The maximum atomic E-state index is 13.5. The van der Waals surface area contributed by atoms with Crippen LogP contribution in [0.1, 0.15) is 30.6 Å². The first-order valence-electron chi connectivity index (χ1n) is 14.1. The standard InChI is InChI=1S/C26H40N10O8/c1-3-11-42-13-15-44-16-14-43-12-6-28-24-29-25(31-26(30-24)41-2)35-9-7-34(8-10-35)23(40)21(4-5-22(38)39)36-17-20(32-33-36)19(27)18-37/h1,17,19,21,37H,4-16,18,27H2,2H3,(H,38,39)(H,28,29,30,31). The molecule has 1 saturated heterocycles. The van der Waals surface area contributed by atoms with Crippen molar-refractivity contribution < 1.29 is 38.7 Å². The maximum Gasteiger partial charge on any atom is 0.322 e. The first kappa shape index (κ1) is 34.3. The number of rotatable bonds is 20. The fraction of sp³-hybridized carbons (Fsp3) is 0.654. The van der Waals surface area contributed by atoms with Gasteiger partial charge in [0, 0.05) is 39.1 Å². The first-order valence-corrected chi connectivity index (χ1v) is 14.1. The summed E-state index contributed by atoms with van der Waals surface area (Å²) in [5, 5.41) is 29.5. The summed E-state index contributed by atoms with van der Waals surface area (Å²) in [6, 6.07) is -1.52. The number of aromatic nitrogens is 6. The number of nitrogens with one attached hydrogen (secondary N) is 1. The highest BCUT2D eigenvalue weighted by Gasteiger charge is 2.31. The van der Waals surface area contributed by atoms with E-state index in [9.17, 15) is 19.8 Å². The van der Waals surface area contributed by atoms with E-state index < -0.39 is 18.1 Å². The average Bonchev–Trinajstić information content (AvgIpc) is 3.53. The molecule has 2 aromatic heterocycles. The minimum atomic E-state index is -1.04. The van der Waals surface area contributed by atoms with Crippen molar-refractivity contribution in [2.24, 2.45) is 5.73 Å². The molecule has 0 aliphatic carbocycles. The monoisotopic (exact) mass is 620 g/mol. The Balaban J connectivity index is 1.51. The molecule has 3 rings (SSSR count). The Labute approximate surface area is 254 Å². The van der Waals surface area contributed by atoms with Crippen LogP contribution in [0.2, 0.25) is 0 Å². The number of nitrogens with zero attached hydrogens (tertiary/aromatic N) is 8. The number of carbonyl (C=O) groups excluding carboxylic acids is 1. The van der Waals surface area contributed by atoms with E-state index in [1.54, 1.807) is 4.90 Å². The fourth-order valence-electron chi connectivity index (χ4n) is 4.14. The van der Waals surface area contributed by atoms with Crippen molar-refractivity contribution in [3.63, 3.8) is 0 Å². The third-order valence-electron chi connectivity index (χ3n) is 6.46. The molecule has 18 nitrogen and oxygen atoms in total. The number of hydrogen-bond acceptors (Lipinski definition) is 15. The molecule has 1 aliphatic heterocycles. The molecule has 2 aromatic rings. The van der Waals surface area contributed by atoms with Gasteiger partial charge in [0.15, 0.2) is 0 Å². The molecule has 2 unspecified atom stereocenters. The molecule has 0 saturated carbocycles. The second-order valence-corrected chi connectivity index (χ2v) is 9.53. The SMILES string of the molecule is C#CCOCCOCCOCCNc1nc(OC)nc(N2CCN(C(=O)C(CCC(=O)O)n3cc(C(N)CO)nn3)CC2)n1. The van der Waals surface area contributed by atoms with Crippen LogP contribution in [0, 0.1) is 12.3 Å². The lowest BCUT2D eigenvalue weighted by Crippen LogP contribution is -2.51. The van der Waals surface area contributed by atoms with Gasteiger partial charge in [0.2, 0.25) is 17.8 Å². The van der Waals surface area contributed by atoms with Crippen molar-refractivity contribution in [1.82, 2.24) is 34.8 Å². The molecule has 0 aromatic carbocycles. The summed E-state index contributed by atoms with van der Waals surface area (Å²) in [5.41, 5.74) is 6.12. The Bertz CT molecular complexity index is 1220. The zero-order chi connectivity index (χ0) is 31.7. The highest BCUT2D eigenvalue weighted by atomic mass is 16.5. The average molecular weight is 621 g/mol. The lowest BCUT2D eigenvalue weighted by Gasteiger charge is -2.36. The minimum Gasteiger partial charge on any atom is -0.481 e. The predicted octanol–water partition coefficient (Wildman–Crippen LogP) is -1.69. The van der Waals surface area contributed by atoms with Gasteiger partial charge >= 0.3 is 12.0 Å². The van der Waals surface area contributed by atoms with E-state index in [-0.39, 0.29) is 38.0 Å². The van der Waals surface area contributed by atoms with Gasteiger partial charge in [-0.2, -0.15) is 15.0 Å². The number of methoxy groups -OCH3 is 1. The van der Waals surface area contributed by atoms with Crippen LogP contribution in [-0.4, -0.2) is 143 Å². The van der Waals surface area contributed by atoms with Crippen LogP contribution in [0.3, 0.4) is 0 Å². The number of carbonyl (C=O) groups is 2. The lowest BCUT2D eigenvalue weighted by atomic mass is 10.1. The zero-order valence-electron chi connectivity index (χ0n) is 24.7. The van der Waals surface area contributed by atoms with Crippen LogP contribution in [0.15, 0.2) is 6.20 Å². The normalized spacial score (nSPS) is 14.6. The molecule has 0 spiro atoms. The summed E-state index contributed by atoms with van der Waals surface area (Å²) < 4.78 is 22.6. The smallest absolute Gasteiger partial charge is 0.322 e. The number of terminal acetylenes is 1. The van der Waals surface area contributed by atoms with Crippen molar-refractivity contribution in [2.75, 3.05) is 96.3 Å². The number of aliphatic carboxylic acids is 1. The second-order valence-electron chi connectivity index (χ2n) is 9.53. The first-order chi connectivity index (χ1) is 21.4. The van der Waals surface area contributed by atoms with Gasteiger partial charge < -0.3 is 50.0 Å². The molecule has 44 heavy (non-hydrogen) atoms. The van der Waals surface area contributed by atoms with Crippen LogP contribution in [0.25, 0.3) is 0 Å². The zero-order valence-corrected chi connectivity index (χ0v) is 24.7. The van der Waals surface area contributed by atoms with Crippen LogP contribution >= 0.6 is 0 Å². The molecule has 1 fully saturated rings. The van der Waals surface area contributed by atoms with Crippen molar-refractivity contribution in [1.29, 1.82) is 0 Å². The van der Waals surface area contributed by atoms with Crippen LogP contribution in [0.5, 0.6) is 6.01 Å². The number of aliphatic hydroxyl groups excluding tert-OH is 1. The Morgan fingerprint density at radius 1 is 1.09 bits per heavy atom. The van der Waals surface area contributed by atoms with E-state index in [2.05, 4.69) is 36.5 Å². The molecular weight excluding hydrogens is 580 g/mol. The fourth-order valence-corrected chi connectivity index (χ4v) is 4.14. The third-order valence-corrected chi connectivity index (χ3v) is 6.46. The number of anilines is 2. The molecule has 5 N–H and O–H groups in total. The number of piperazine rings is 1. The summed E-state index contributed by atoms with van der Waals surface area (Å²) in [4.78, 5) is 41.4. The van der Waals surface area contributed by atoms with Crippen molar-refractivity contribution in [3.05, 3.63) is 11.9 Å². The number of ether oxygens (including phenoxy) is 4. The highest BCUT2D eigenvalue weighted by molar-refractivity contribution is 5.81. The number of hydrogen-bond donors (Lipinski definition) is 4. The number of carboxylic acids is 1. The van der Waals surface area contributed by atoms with Gasteiger partial charge in [-0.05, 0) is 6.42 Å². The van der Waals surface area contributed by atoms with Gasteiger partial charge in [-0.1, -0.05) is 11.1 Å². The Morgan fingerprint density at radius 2 is 1.80 bits per heavy atom. The molecule has 1 aliphatic rings. The van der Waals surface area contributed by atoms with E-state index in [1.165, 1.54) is 18.0 Å². The Morgan fingerprint density at radius 3 is 2.45 bits per heavy atom. The van der Waals surface area contributed by atoms with E-state index >= 15 is 0 Å². The summed E-state index contributed by atoms with van der Waals surface area (Å²) >= 11 is 0. The van der Waals surface area contributed by atoms with Gasteiger partial charge in [-0.15, -0.1) is 11.5 Å². The molecule has 2 atom stereocenters. The number of amides is 1. The van der Waals surface area contributed by atoms with Gasteiger partial charge in [0.25, 0.3) is 0 Å². The van der Waals surface area contributed by atoms with Crippen molar-refractivity contribution >= 4 is 23.8 Å². The third kappa shape index (κ3) is 10.8. The van der Waals surface area contributed by atoms with Crippen molar-refractivity contribution in [2.45, 2.75) is 24.9 Å². The van der Waals surface area contributed by atoms with E-state index in [4.69, 9.17) is 31.1 Å². The van der Waals surface area contributed by atoms with Gasteiger partial charge in [0.05, 0.1) is 59.0 Å². The van der Waals surface area contributed by atoms with Gasteiger partial charge in [-0.25, -0.2) is 4.68 Å². The number of carboxylic acid groups (broad SMARTS) is 1. The minimum absolute atomic E-state index is 0.0179. The highest BCUT2D eigenvalue weighted by Crippen LogP contribution is 2.21. The summed E-state index contributed by atoms with van der Waals surface area (Å²) in [5.74, 6) is 1.75. The molecule has 18 heteroatoms. The second kappa shape index (κ2) is 18.5. The largest absolute Gasteiger partial charge is 0.481 e. The molecule has 0 bridgehead atoms. The lowest BCUT2D eigenvalue weighted by molar-refractivity contribution is -0.138. The van der Waals surface area contributed by atoms with Crippen LogP contribution in [0.4, 0.5) is 11.9 Å². The summed E-state index contributed by atoms with van der Waals surface area (Å²) in [6.07, 6.45) is 6.35. The van der Waals surface area contributed by atoms with Crippen LogP contribution in [-0.2, 0) is 23.8 Å². The maximum absolute atomic E-state index is 13.5. The Hall–Kier alpha value is -4.15. The summed E-state index contributed by atoms with van der Waals surface area (Å²) in [6.45, 7) is 3.95. The molecular formula is C26H40N10O8. The number of aliphatic hydroxyl groups is 1. The van der Waals surface area contributed by atoms with Gasteiger partial charge in [0.1, 0.15) is 18.3 Å². The quantitative estimate of drug-likeness (QED) is 0.0957. The van der Waals surface area contributed by atoms with Crippen LogP contribution < -0.4 is 20.7 Å². The van der Waals surface area contributed by atoms with E-state index in [0.29, 0.717) is 83.3 Å². The number of nitrogens with two attached hydrogens (primary N) is 1. The topological polar surface area (TPSA) is 225 Å². The van der Waals surface area contributed by atoms with Gasteiger partial charge in [-0.3, -0.25) is 9.59 Å². The van der Waals surface area contributed by atoms with E-state index in [0.717, 1.165) is 0 Å². The van der Waals surface area contributed by atoms with Crippen molar-refractivity contribution in [3.8, 4) is 18.4 Å². The predicted molar refractivity (Wildman–Crippen MR) is 155 cm³/mol. The van der Waals surface area contributed by atoms with E-state index in [1.807, 2.05) is 4.90 Å². The summed E-state index contributed by atoms with van der Waals surface area (Å²) in [7, 11) is 1.46. The molecule has 3 heterocycles. The molecule has 1 amide bonds.